The number of aliphatic hydroxyl groups is 2. The number of aromatic nitrogens is 1. The molecule has 1 fully saturated rings. The van der Waals surface area contributed by atoms with Crippen LogP contribution >= 0.6 is 0 Å². The Labute approximate surface area is 211 Å². The van der Waals surface area contributed by atoms with Crippen molar-refractivity contribution in [2.45, 2.75) is 44.3 Å². The van der Waals surface area contributed by atoms with Crippen LogP contribution in [0.1, 0.15) is 44.2 Å². The molecule has 3 heterocycles. The van der Waals surface area contributed by atoms with Crippen molar-refractivity contribution in [3.05, 3.63) is 101 Å². The Kier molecular flexibility index (Phi) is 6.68. The molecule has 2 N–H and O–H groups in total. The number of nitrogens with zero attached hydrogens (tertiary/aromatic N) is 2. The van der Waals surface area contributed by atoms with E-state index < -0.39 is 11.2 Å². The number of piperidine rings is 1. The Morgan fingerprint density at radius 2 is 1.94 bits per heavy atom. The van der Waals surface area contributed by atoms with Gasteiger partial charge in [0.25, 0.3) is 0 Å². The van der Waals surface area contributed by atoms with Crippen molar-refractivity contribution in [1.82, 2.24) is 9.88 Å². The Balaban J connectivity index is 1.32. The lowest BCUT2D eigenvalue weighted by Gasteiger charge is -2.38. The van der Waals surface area contributed by atoms with E-state index >= 15 is 0 Å². The maximum absolute atomic E-state index is 13.3. The standard InChI is InChI=1S/C30H33FN2O3/c1-29(2,34)26-8-3-9-27-25(26)20-21(24-7-4-16-32-28(24)36-27)6-5-17-33-18-14-30(35,15-19-33)22-10-12-23(31)13-11-22/h3-4,6-13,16,20,26,34-35H,5,14-15,17-19H2,1-2H3. The molecule has 2 aliphatic heterocycles. The van der Waals surface area contributed by atoms with Gasteiger partial charge in [-0.15, -0.1) is 0 Å². The third-order valence-electron chi connectivity index (χ3n) is 7.41. The van der Waals surface area contributed by atoms with Crippen LogP contribution in [0.5, 0.6) is 5.88 Å². The maximum atomic E-state index is 13.3. The molecule has 0 bridgehead atoms. The van der Waals surface area contributed by atoms with Gasteiger partial charge in [-0.05, 0) is 80.7 Å². The summed E-state index contributed by atoms with van der Waals surface area (Å²) in [6, 6.07) is 10.1. The molecular weight excluding hydrogens is 455 g/mol. The van der Waals surface area contributed by atoms with E-state index in [9.17, 15) is 14.6 Å². The van der Waals surface area contributed by atoms with Gasteiger partial charge in [0.1, 0.15) is 11.6 Å². The number of ether oxygens (including phenoxy) is 1. The summed E-state index contributed by atoms with van der Waals surface area (Å²) in [6.45, 7) is 6.04. The fourth-order valence-electron chi connectivity index (χ4n) is 5.29. The van der Waals surface area contributed by atoms with Crippen molar-refractivity contribution in [1.29, 1.82) is 0 Å². The third-order valence-corrected chi connectivity index (χ3v) is 7.41. The fraction of sp³-hybridized carbons (Fsp3) is 0.367. The molecule has 36 heavy (non-hydrogen) atoms. The molecule has 0 amide bonds. The molecule has 1 atom stereocenters. The van der Waals surface area contributed by atoms with Crippen LogP contribution in [0.2, 0.25) is 0 Å². The van der Waals surface area contributed by atoms with Crippen molar-refractivity contribution in [2.75, 3.05) is 19.6 Å². The molecule has 6 heteroatoms. The van der Waals surface area contributed by atoms with Gasteiger partial charge in [-0.25, -0.2) is 9.37 Å². The molecule has 1 unspecified atom stereocenters. The number of fused-ring (bicyclic) bond motifs is 2. The molecule has 0 spiro atoms. The average molecular weight is 489 g/mol. The van der Waals surface area contributed by atoms with Gasteiger partial charge in [-0.3, -0.25) is 0 Å². The molecular formula is C30H33FN2O3. The minimum atomic E-state index is -0.935. The summed E-state index contributed by atoms with van der Waals surface area (Å²) in [5, 5.41) is 21.9. The lowest BCUT2D eigenvalue weighted by Crippen LogP contribution is -2.42. The number of rotatable bonds is 5. The van der Waals surface area contributed by atoms with Gasteiger partial charge in [0.15, 0.2) is 0 Å². The number of allylic oxidation sites excluding steroid dienone is 5. The average Bonchev–Trinajstić information content (AvgIpc) is 3.01. The van der Waals surface area contributed by atoms with E-state index in [0.29, 0.717) is 24.5 Å². The lowest BCUT2D eigenvalue weighted by molar-refractivity contribution is -0.0254. The first-order valence-electron chi connectivity index (χ1n) is 12.6. The second kappa shape index (κ2) is 9.77. The summed E-state index contributed by atoms with van der Waals surface area (Å²) >= 11 is 0. The lowest BCUT2D eigenvalue weighted by atomic mass is 9.80. The Morgan fingerprint density at radius 1 is 1.19 bits per heavy atom. The van der Waals surface area contributed by atoms with E-state index in [1.807, 2.05) is 44.2 Å². The van der Waals surface area contributed by atoms with Gasteiger partial charge in [0, 0.05) is 42.9 Å². The number of pyridine rings is 1. The number of hydrogen-bond acceptors (Lipinski definition) is 5. The minimum Gasteiger partial charge on any atom is -0.438 e. The summed E-state index contributed by atoms with van der Waals surface area (Å²) in [5.41, 5.74) is 1.85. The van der Waals surface area contributed by atoms with Crippen LogP contribution < -0.4 is 4.74 Å². The fourth-order valence-corrected chi connectivity index (χ4v) is 5.29. The van der Waals surface area contributed by atoms with Gasteiger partial charge in [-0.1, -0.05) is 30.4 Å². The molecule has 188 valence electrons. The number of likely N-dealkylation sites (tertiary alicyclic amines) is 1. The van der Waals surface area contributed by atoms with E-state index in [-0.39, 0.29) is 11.7 Å². The highest BCUT2D eigenvalue weighted by Gasteiger charge is 2.35. The summed E-state index contributed by atoms with van der Waals surface area (Å²) in [4.78, 5) is 6.83. The van der Waals surface area contributed by atoms with Gasteiger partial charge in [0.05, 0.1) is 11.2 Å². The highest BCUT2D eigenvalue weighted by molar-refractivity contribution is 5.80. The number of hydrogen-bond donors (Lipinski definition) is 2. The molecule has 1 saturated heterocycles. The van der Waals surface area contributed by atoms with Crippen LogP contribution in [0.25, 0.3) is 5.57 Å². The zero-order valence-corrected chi connectivity index (χ0v) is 20.8. The highest BCUT2D eigenvalue weighted by Crippen LogP contribution is 2.41. The monoisotopic (exact) mass is 488 g/mol. The van der Waals surface area contributed by atoms with Crippen LogP contribution in [-0.2, 0) is 5.60 Å². The van der Waals surface area contributed by atoms with Gasteiger partial charge >= 0.3 is 0 Å². The van der Waals surface area contributed by atoms with E-state index in [1.54, 1.807) is 18.3 Å². The quantitative estimate of drug-likeness (QED) is 0.610. The minimum absolute atomic E-state index is 0.193. The van der Waals surface area contributed by atoms with Crippen molar-refractivity contribution in [2.24, 2.45) is 5.92 Å². The predicted molar refractivity (Wildman–Crippen MR) is 139 cm³/mol. The topological polar surface area (TPSA) is 65.8 Å². The van der Waals surface area contributed by atoms with Crippen LogP contribution in [0.15, 0.2) is 84.3 Å². The molecule has 0 saturated carbocycles. The van der Waals surface area contributed by atoms with Crippen LogP contribution in [0.4, 0.5) is 4.39 Å². The van der Waals surface area contributed by atoms with Crippen molar-refractivity contribution in [3.8, 4) is 5.88 Å². The van der Waals surface area contributed by atoms with E-state index in [1.165, 1.54) is 12.1 Å². The van der Waals surface area contributed by atoms with Gasteiger partial charge in [-0.2, -0.15) is 0 Å². The van der Waals surface area contributed by atoms with Gasteiger partial charge in [0.2, 0.25) is 5.88 Å². The zero-order valence-electron chi connectivity index (χ0n) is 20.8. The summed E-state index contributed by atoms with van der Waals surface area (Å²) < 4.78 is 19.5. The van der Waals surface area contributed by atoms with Crippen LogP contribution in [0, 0.1) is 11.7 Å². The van der Waals surface area contributed by atoms with E-state index in [0.717, 1.165) is 48.3 Å². The van der Waals surface area contributed by atoms with Gasteiger partial charge < -0.3 is 19.8 Å². The molecule has 5 rings (SSSR count). The first kappa shape index (κ1) is 24.6. The molecule has 1 aromatic carbocycles. The Bertz CT molecular complexity index is 1230. The van der Waals surface area contributed by atoms with E-state index in [2.05, 4.69) is 22.0 Å². The summed E-state index contributed by atoms with van der Waals surface area (Å²) in [6.07, 6.45) is 14.0. The van der Waals surface area contributed by atoms with E-state index in [4.69, 9.17) is 4.74 Å². The molecule has 3 aliphatic rings. The summed E-state index contributed by atoms with van der Waals surface area (Å²) in [7, 11) is 0. The Hall–Kier alpha value is -3.06. The first-order valence-corrected chi connectivity index (χ1v) is 12.6. The van der Waals surface area contributed by atoms with Crippen molar-refractivity contribution < 1.29 is 19.3 Å². The first-order chi connectivity index (χ1) is 17.2. The maximum Gasteiger partial charge on any atom is 0.227 e. The molecule has 1 aromatic heterocycles. The Morgan fingerprint density at radius 3 is 2.67 bits per heavy atom. The normalized spacial score (nSPS) is 22.7. The van der Waals surface area contributed by atoms with Crippen molar-refractivity contribution >= 4 is 5.57 Å². The van der Waals surface area contributed by atoms with Crippen LogP contribution in [-0.4, -0.2) is 45.3 Å². The molecule has 1 aliphatic carbocycles. The SMILES string of the molecule is CC(C)(O)C1C=CC=C2Oc3ncccc3C(=CCCN3CCC(O)(c4ccc(F)cc4)CC3)C=C21. The zero-order chi connectivity index (χ0) is 25.3. The number of halogens is 1. The van der Waals surface area contributed by atoms with Crippen molar-refractivity contribution in [3.63, 3.8) is 0 Å². The summed E-state index contributed by atoms with van der Waals surface area (Å²) in [5.74, 6) is 0.795. The highest BCUT2D eigenvalue weighted by atomic mass is 19.1. The van der Waals surface area contributed by atoms with Crippen LogP contribution in [0.3, 0.4) is 0 Å². The molecule has 5 nitrogen and oxygen atoms in total. The largest absolute Gasteiger partial charge is 0.438 e. The molecule has 0 radical (unpaired) electrons. The smallest absolute Gasteiger partial charge is 0.227 e. The predicted octanol–water partition coefficient (Wildman–Crippen LogP) is 5.14. The second-order valence-corrected chi connectivity index (χ2v) is 10.4. The molecule has 2 aromatic rings. The third kappa shape index (κ3) is 5.07. The second-order valence-electron chi connectivity index (χ2n) is 10.4. The number of benzene rings is 1.